The summed E-state index contributed by atoms with van der Waals surface area (Å²) in [6.07, 6.45) is 2.59. The van der Waals surface area contributed by atoms with Crippen molar-refractivity contribution in [3.8, 4) is 0 Å². The lowest BCUT2D eigenvalue weighted by atomic mass is 10.0. The van der Waals surface area contributed by atoms with E-state index in [-0.39, 0.29) is 29.6 Å². The fraction of sp³-hybridized carbons (Fsp3) is 0.824. The molecule has 0 bridgehead atoms. The monoisotopic (exact) mass is 329 g/mol. The molecule has 2 atom stereocenters. The summed E-state index contributed by atoms with van der Waals surface area (Å²) in [6, 6.07) is 0.185. The van der Waals surface area contributed by atoms with Gasteiger partial charge in [-0.25, -0.2) is 4.79 Å². The zero-order chi connectivity index (χ0) is 17.7. The number of hydrogen-bond acceptors (Lipinski definition) is 3. The number of nitrogens with zero attached hydrogens (tertiary/aromatic N) is 1. The Labute approximate surface area is 137 Å². The number of carbonyl (C=O) groups is 1. The van der Waals surface area contributed by atoms with Gasteiger partial charge in [0.1, 0.15) is 0 Å². The molecule has 0 spiro atoms. The third kappa shape index (κ3) is 6.52. The number of aliphatic hydroxyl groups excluding tert-OH is 1. The molecule has 0 aromatic heterocycles. The summed E-state index contributed by atoms with van der Waals surface area (Å²) in [4.78, 5) is 13.9. The fourth-order valence-electron chi connectivity index (χ4n) is 2.59. The second kappa shape index (κ2) is 8.72. The molecule has 1 N–H and O–H groups in total. The molecule has 0 fully saturated rings. The molecule has 0 aromatic carbocycles. The first-order chi connectivity index (χ1) is 9.89. The van der Waals surface area contributed by atoms with Gasteiger partial charge in [0.25, 0.3) is 0 Å². The van der Waals surface area contributed by atoms with Gasteiger partial charge in [-0.1, -0.05) is 33.5 Å². The van der Waals surface area contributed by atoms with E-state index in [4.69, 9.17) is 4.74 Å². The summed E-state index contributed by atoms with van der Waals surface area (Å²) in [7, 11) is -1.60. The second-order valence-electron chi connectivity index (χ2n) is 7.93. The van der Waals surface area contributed by atoms with Crippen LogP contribution in [0, 0.1) is 5.92 Å². The molecule has 130 valence electrons. The van der Waals surface area contributed by atoms with Gasteiger partial charge in [0, 0.05) is 17.6 Å². The van der Waals surface area contributed by atoms with Crippen LogP contribution in [0.3, 0.4) is 0 Å². The van der Waals surface area contributed by atoms with Gasteiger partial charge < -0.3 is 14.7 Å². The summed E-state index contributed by atoms with van der Waals surface area (Å²) in [5.41, 5.74) is 0.0619. The summed E-state index contributed by atoms with van der Waals surface area (Å²) in [6.45, 7) is 18.5. The molecule has 0 aromatic rings. The van der Waals surface area contributed by atoms with E-state index < -0.39 is 14.2 Å². The van der Waals surface area contributed by atoms with Gasteiger partial charge in [-0.05, 0) is 39.7 Å². The minimum atomic E-state index is -1.60. The number of rotatable bonds is 7. The molecule has 22 heavy (non-hydrogen) atoms. The Morgan fingerprint density at radius 1 is 1.05 bits per heavy atom. The first-order valence-electron chi connectivity index (χ1n) is 8.23. The van der Waals surface area contributed by atoms with Crippen LogP contribution in [0.1, 0.15) is 41.5 Å². The maximum atomic E-state index is 12.2. The minimum Gasteiger partial charge on any atom is -0.418 e. The fourth-order valence-corrected chi connectivity index (χ4v) is 4.66. The molecular weight excluding hydrogens is 294 g/mol. The van der Waals surface area contributed by atoms with Crippen LogP contribution in [0.4, 0.5) is 4.79 Å². The molecule has 5 heteroatoms. The number of amides is 1. The molecule has 0 heterocycles. The zero-order valence-electron chi connectivity index (χ0n) is 15.8. The Kier molecular flexibility index (Phi) is 8.40. The van der Waals surface area contributed by atoms with Crippen LogP contribution in [0.2, 0.25) is 25.2 Å². The molecular formula is C17H35NO3Si. The Hall–Kier alpha value is -0.813. The SMILES string of the molecule is CC(C)[C@H](O)[C@@H](/C=C/OC(=O)N(C(C)C)C(C)C)[Si](C)(C)C. The summed E-state index contributed by atoms with van der Waals surface area (Å²) < 4.78 is 5.30. The highest BCUT2D eigenvalue weighted by Crippen LogP contribution is 2.30. The predicted molar refractivity (Wildman–Crippen MR) is 95.7 cm³/mol. The highest BCUT2D eigenvalue weighted by Gasteiger charge is 2.32. The highest BCUT2D eigenvalue weighted by atomic mass is 28.3. The Bertz CT molecular complexity index is 365. The third-order valence-electron chi connectivity index (χ3n) is 3.83. The van der Waals surface area contributed by atoms with E-state index in [0.717, 1.165) is 0 Å². The Morgan fingerprint density at radius 2 is 1.50 bits per heavy atom. The molecule has 0 aliphatic heterocycles. The van der Waals surface area contributed by atoms with Crippen molar-refractivity contribution < 1.29 is 14.6 Å². The van der Waals surface area contributed by atoms with E-state index in [1.807, 2.05) is 47.6 Å². The molecule has 0 rings (SSSR count). The van der Waals surface area contributed by atoms with Crippen LogP contribution >= 0.6 is 0 Å². The van der Waals surface area contributed by atoms with Crippen molar-refractivity contribution >= 4 is 14.2 Å². The topological polar surface area (TPSA) is 49.8 Å². The van der Waals surface area contributed by atoms with Gasteiger partial charge >= 0.3 is 6.09 Å². The van der Waals surface area contributed by atoms with Crippen molar-refractivity contribution in [2.24, 2.45) is 5.92 Å². The molecule has 0 radical (unpaired) electrons. The van der Waals surface area contributed by atoms with Crippen LogP contribution in [0.25, 0.3) is 0 Å². The van der Waals surface area contributed by atoms with Crippen LogP contribution in [-0.4, -0.2) is 42.4 Å². The quantitative estimate of drug-likeness (QED) is 0.553. The molecule has 0 saturated heterocycles. The van der Waals surface area contributed by atoms with Gasteiger partial charge in [-0.15, -0.1) is 0 Å². The van der Waals surface area contributed by atoms with E-state index in [0.29, 0.717) is 0 Å². The van der Waals surface area contributed by atoms with Crippen molar-refractivity contribution in [2.75, 3.05) is 0 Å². The number of ether oxygens (including phenoxy) is 1. The predicted octanol–water partition coefficient (Wildman–Crippen LogP) is 4.48. The van der Waals surface area contributed by atoms with Gasteiger partial charge in [0.2, 0.25) is 0 Å². The van der Waals surface area contributed by atoms with Gasteiger partial charge in [-0.2, -0.15) is 0 Å². The average molecular weight is 330 g/mol. The van der Waals surface area contributed by atoms with Crippen molar-refractivity contribution in [1.82, 2.24) is 4.90 Å². The smallest absolute Gasteiger partial charge is 0.415 e. The maximum absolute atomic E-state index is 12.2. The minimum absolute atomic E-state index is 0.0619. The standard InChI is InChI=1S/C17H35NO3Si/c1-12(2)16(19)15(22(7,8)9)10-11-21-17(20)18(13(3)4)14(5)6/h10-16,19H,1-9H3/b11-10+/t15-,16+/m1/s1. The van der Waals surface area contributed by atoms with E-state index in [1.54, 1.807) is 4.90 Å². The lowest BCUT2D eigenvalue weighted by Gasteiger charge is -2.33. The van der Waals surface area contributed by atoms with E-state index >= 15 is 0 Å². The molecule has 1 amide bonds. The summed E-state index contributed by atoms with van der Waals surface area (Å²) in [5, 5.41) is 10.4. The van der Waals surface area contributed by atoms with Crippen molar-refractivity contribution in [2.45, 2.75) is 84.9 Å². The van der Waals surface area contributed by atoms with E-state index in [9.17, 15) is 9.90 Å². The zero-order valence-corrected chi connectivity index (χ0v) is 16.8. The van der Waals surface area contributed by atoms with Crippen molar-refractivity contribution in [3.63, 3.8) is 0 Å². The molecule has 4 nitrogen and oxygen atoms in total. The van der Waals surface area contributed by atoms with Gasteiger partial charge in [0.15, 0.2) is 0 Å². The summed E-state index contributed by atoms with van der Waals surface area (Å²) in [5.74, 6) is 0.180. The Balaban J connectivity index is 4.96. The molecule has 0 unspecified atom stereocenters. The van der Waals surface area contributed by atoms with Gasteiger partial charge in [-0.3, -0.25) is 0 Å². The second-order valence-corrected chi connectivity index (χ2v) is 13.3. The number of hydrogen-bond donors (Lipinski definition) is 1. The highest BCUT2D eigenvalue weighted by molar-refractivity contribution is 6.78. The van der Waals surface area contributed by atoms with Crippen molar-refractivity contribution in [1.29, 1.82) is 0 Å². The van der Waals surface area contributed by atoms with Crippen molar-refractivity contribution in [3.05, 3.63) is 12.3 Å². The number of aliphatic hydroxyl groups is 1. The van der Waals surface area contributed by atoms with E-state index in [1.165, 1.54) is 6.26 Å². The number of carbonyl (C=O) groups excluding carboxylic acids is 1. The van der Waals surface area contributed by atoms with Crippen LogP contribution in [0.15, 0.2) is 12.3 Å². The first kappa shape index (κ1) is 21.2. The molecule has 0 aliphatic carbocycles. The van der Waals surface area contributed by atoms with Crippen LogP contribution in [-0.2, 0) is 4.74 Å². The summed E-state index contributed by atoms with van der Waals surface area (Å²) >= 11 is 0. The molecule has 0 saturated carbocycles. The van der Waals surface area contributed by atoms with E-state index in [2.05, 4.69) is 19.6 Å². The van der Waals surface area contributed by atoms with Gasteiger partial charge in [0.05, 0.1) is 20.4 Å². The molecule has 0 aliphatic rings. The normalized spacial score (nSPS) is 15.7. The van der Waals surface area contributed by atoms with Crippen LogP contribution in [0.5, 0.6) is 0 Å². The maximum Gasteiger partial charge on any atom is 0.415 e. The average Bonchev–Trinajstić information content (AvgIpc) is 2.31. The third-order valence-corrected chi connectivity index (χ3v) is 6.36. The van der Waals surface area contributed by atoms with Crippen LogP contribution < -0.4 is 0 Å². The Morgan fingerprint density at radius 3 is 1.82 bits per heavy atom. The lowest BCUT2D eigenvalue weighted by Crippen LogP contribution is -2.42. The first-order valence-corrected chi connectivity index (χ1v) is 11.8. The largest absolute Gasteiger partial charge is 0.418 e. The lowest BCUT2D eigenvalue weighted by molar-refractivity contribution is 0.107.